The maximum Gasteiger partial charge on any atom is 0.410 e. The van der Waals surface area contributed by atoms with Crippen molar-refractivity contribution in [2.75, 3.05) is 32.7 Å². The number of piperidine rings is 1. The number of ether oxygens (including phenoxy) is 2. The van der Waals surface area contributed by atoms with Gasteiger partial charge in [0.15, 0.2) is 0 Å². The second-order valence-electron chi connectivity index (χ2n) is 12.3. The average Bonchev–Trinajstić information content (AvgIpc) is 2.99. The molecule has 0 radical (unpaired) electrons. The first-order chi connectivity index (χ1) is 20.7. The molecule has 1 saturated heterocycles. The van der Waals surface area contributed by atoms with Gasteiger partial charge in [-0.2, -0.15) is 0 Å². The summed E-state index contributed by atoms with van der Waals surface area (Å²) < 4.78 is 11.0. The van der Waals surface area contributed by atoms with Gasteiger partial charge in [0.25, 0.3) is 0 Å². The number of unbranched alkanes of at least 4 members (excludes halogenated alkanes) is 1. The lowest BCUT2D eigenvalue weighted by molar-refractivity contribution is -0.132. The molecule has 3 aromatic carbocycles. The molecule has 4 rings (SSSR count). The maximum atomic E-state index is 13.4. The highest BCUT2D eigenvalue weighted by molar-refractivity contribution is 5.90. The first kappa shape index (κ1) is 31.9. The third-order valence-corrected chi connectivity index (χ3v) is 7.56. The summed E-state index contributed by atoms with van der Waals surface area (Å²) in [5.41, 5.74) is 1.37. The van der Waals surface area contributed by atoms with E-state index in [0.29, 0.717) is 45.4 Å². The van der Waals surface area contributed by atoms with Crippen molar-refractivity contribution in [1.29, 1.82) is 0 Å². The third-order valence-electron chi connectivity index (χ3n) is 7.56. The normalized spacial score (nSPS) is 15.1. The largest absolute Gasteiger partial charge is 0.445 e. The summed E-state index contributed by atoms with van der Waals surface area (Å²) in [5, 5.41) is 5.03. The van der Waals surface area contributed by atoms with E-state index in [2.05, 4.69) is 23.5 Å². The topological polar surface area (TPSA) is 88.2 Å². The molecular formula is C35H45N3O5. The molecule has 1 fully saturated rings. The first-order valence-electron chi connectivity index (χ1n) is 15.3. The maximum absolute atomic E-state index is 13.4. The van der Waals surface area contributed by atoms with Crippen molar-refractivity contribution in [3.05, 3.63) is 83.9 Å². The zero-order valence-electron chi connectivity index (χ0n) is 25.7. The molecule has 0 aliphatic carbocycles. The Balaban J connectivity index is 1.27. The molecule has 1 aliphatic rings. The van der Waals surface area contributed by atoms with Crippen LogP contribution in [-0.2, 0) is 27.3 Å². The number of alkyl carbamates (subject to hydrolysis) is 1. The van der Waals surface area contributed by atoms with Crippen LogP contribution in [0.1, 0.15) is 57.6 Å². The number of amides is 3. The fraction of sp³-hybridized carbons (Fsp3) is 0.457. The van der Waals surface area contributed by atoms with Crippen molar-refractivity contribution in [1.82, 2.24) is 15.1 Å². The van der Waals surface area contributed by atoms with Crippen LogP contribution in [0, 0.1) is 5.92 Å². The van der Waals surface area contributed by atoms with E-state index in [1.807, 2.05) is 80.3 Å². The monoisotopic (exact) mass is 587 g/mol. The highest BCUT2D eigenvalue weighted by Gasteiger charge is 2.29. The van der Waals surface area contributed by atoms with Gasteiger partial charge in [-0.1, -0.05) is 72.8 Å². The van der Waals surface area contributed by atoms with Gasteiger partial charge in [-0.25, -0.2) is 9.59 Å². The number of benzene rings is 3. The Morgan fingerprint density at radius 3 is 2.49 bits per heavy atom. The van der Waals surface area contributed by atoms with Gasteiger partial charge < -0.3 is 24.6 Å². The summed E-state index contributed by atoms with van der Waals surface area (Å²) in [6.45, 7) is 8.66. The van der Waals surface area contributed by atoms with Gasteiger partial charge in [0, 0.05) is 32.7 Å². The van der Waals surface area contributed by atoms with Crippen molar-refractivity contribution in [2.45, 2.75) is 65.1 Å². The summed E-state index contributed by atoms with van der Waals surface area (Å²) in [4.78, 5) is 42.3. The van der Waals surface area contributed by atoms with Crippen LogP contribution in [0.2, 0.25) is 0 Å². The first-order valence-corrected chi connectivity index (χ1v) is 15.3. The Morgan fingerprint density at radius 1 is 0.953 bits per heavy atom. The van der Waals surface area contributed by atoms with Crippen LogP contribution in [-0.4, -0.2) is 66.2 Å². The zero-order chi connectivity index (χ0) is 30.7. The Bertz CT molecular complexity index is 1350. The Kier molecular flexibility index (Phi) is 11.4. The van der Waals surface area contributed by atoms with Crippen LogP contribution in [0.25, 0.3) is 10.8 Å². The second kappa shape index (κ2) is 15.4. The number of carbonyl (C=O) groups excluding carboxylic acids is 3. The lowest BCUT2D eigenvalue weighted by Crippen LogP contribution is -2.46. The minimum absolute atomic E-state index is 0.120. The molecule has 0 bridgehead atoms. The molecular weight excluding hydrogens is 542 g/mol. The van der Waals surface area contributed by atoms with Gasteiger partial charge in [-0.15, -0.1) is 0 Å². The fourth-order valence-corrected chi connectivity index (χ4v) is 5.45. The number of hydrogen-bond acceptors (Lipinski definition) is 5. The quantitative estimate of drug-likeness (QED) is 0.257. The molecule has 0 spiro atoms. The number of nitrogens with zero attached hydrogens (tertiary/aromatic N) is 2. The number of likely N-dealkylation sites (tertiary alicyclic amines) is 1. The number of hydrogen-bond donors (Lipinski definition) is 1. The van der Waals surface area contributed by atoms with Gasteiger partial charge in [0.2, 0.25) is 5.91 Å². The summed E-state index contributed by atoms with van der Waals surface area (Å²) in [6, 6.07) is 23.8. The van der Waals surface area contributed by atoms with Gasteiger partial charge in [-0.05, 0) is 74.3 Å². The Labute approximate surface area is 255 Å². The molecule has 230 valence electrons. The van der Waals surface area contributed by atoms with Crippen LogP contribution in [0.3, 0.4) is 0 Å². The van der Waals surface area contributed by atoms with Crippen LogP contribution in [0.5, 0.6) is 0 Å². The molecule has 1 atom stereocenters. The van der Waals surface area contributed by atoms with Gasteiger partial charge >= 0.3 is 12.2 Å². The number of fused-ring (bicyclic) bond motifs is 1. The minimum atomic E-state index is -0.605. The molecule has 1 N–H and O–H groups in total. The van der Waals surface area contributed by atoms with Crippen LogP contribution in [0.15, 0.2) is 72.8 Å². The van der Waals surface area contributed by atoms with Gasteiger partial charge in [0.05, 0.1) is 6.42 Å². The predicted octanol–water partition coefficient (Wildman–Crippen LogP) is 6.56. The fourth-order valence-electron chi connectivity index (χ4n) is 5.45. The van der Waals surface area contributed by atoms with Crippen LogP contribution < -0.4 is 5.32 Å². The molecule has 8 nitrogen and oxygen atoms in total. The highest BCUT2D eigenvalue weighted by Crippen LogP contribution is 2.23. The Hall–Kier alpha value is -4.07. The van der Waals surface area contributed by atoms with Crippen molar-refractivity contribution in [2.24, 2.45) is 5.92 Å². The van der Waals surface area contributed by atoms with E-state index < -0.39 is 11.7 Å². The van der Waals surface area contributed by atoms with E-state index in [0.717, 1.165) is 41.3 Å². The van der Waals surface area contributed by atoms with Crippen molar-refractivity contribution in [3.63, 3.8) is 0 Å². The number of rotatable bonds is 11. The summed E-state index contributed by atoms with van der Waals surface area (Å²) in [5.74, 6) is 0.291. The van der Waals surface area contributed by atoms with Crippen LogP contribution in [0.4, 0.5) is 9.59 Å². The molecule has 0 aromatic heterocycles. The van der Waals surface area contributed by atoms with E-state index in [1.54, 1.807) is 4.90 Å². The van der Waals surface area contributed by atoms with E-state index >= 15 is 0 Å². The predicted molar refractivity (Wildman–Crippen MR) is 169 cm³/mol. The minimum Gasteiger partial charge on any atom is -0.445 e. The smallest absolute Gasteiger partial charge is 0.410 e. The molecule has 3 aromatic rings. The molecule has 1 aliphatic heterocycles. The van der Waals surface area contributed by atoms with Crippen molar-refractivity contribution in [3.8, 4) is 0 Å². The van der Waals surface area contributed by atoms with E-state index in [-0.39, 0.29) is 24.5 Å². The SMILES string of the molecule is CC(C)(C)OC(=O)N(CCCCNC(=O)OCc1ccccc1)CC1CCCN(C(=O)Cc2cccc3ccccc23)C1. The van der Waals surface area contributed by atoms with E-state index in [9.17, 15) is 14.4 Å². The summed E-state index contributed by atoms with van der Waals surface area (Å²) in [6.07, 6.45) is 2.82. The number of carbonyl (C=O) groups is 3. The third kappa shape index (κ3) is 10.3. The van der Waals surface area contributed by atoms with Crippen molar-refractivity contribution >= 4 is 28.9 Å². The Morgan fingerprint density at radius 2 is 1.70 bits per heavy atom. The molecule has 1 unspecified atom stereocenters. The standard InChI is InChI=1S/C35H45N3O5/c1-35(2,3)43-34(41)38(21-10-9-20-36-33(40)42-26-27-13-5-4-6-14-27)25-28-15-12-22-37(24-28)32(39)23-30-18-11-17-29-16-7-8-19-31(29)30/h4-8,11,13-14,16-19,28H,9-10,12,15,20-26H2,1-3H3,(H,36,40). The summed E-state index contributed by atoms with van der Waals surface area (Å²) in [7, 11) is 0. The van der Waals surface area contributed by atoms with E-state index in [1.165, 1.54) is 0 Å². The number of nitrogens with one attached hydrogen (secondary N) is 1. The molecule has 43 heavy (non-hydrogen) atoms. The molecule has 0 saturated carbocycles. The second-order valence-corrected chi connectivity index (χ2v) is 12.3. The highest BCUT2D eigenvalue weighted by atomic mass is 16.6. The molecule has 3 amide bonds. The van der Waals surface area contributed by atoms with Crippen molar-refractivity contribution < 1.29 is 23.9 Å². The van der Waals surface area contributed by atoms with Gasteiger partial charge in [-0.3, -0.25) is 4.79 Å². The average molecular weight is 588 g/mol. The van der Waals surface area contributed by atoms with Crippen LogP contribution >= 0.6 is 0 Å². The molecule has 8 heteroatoms. The lowest BCUT2D eigenvalue weighted by Gasteiger charge is -2.36. The van der Waals surface area contributed by atoms with E-state index in [4.69, 9.17) is 9.47 Å². The lowest BCUT2D eigenvalue weighted by atomic mass is 9.96. The zero-order valence-corrected chi connectivity index (χ0v) is 25.7. The van der Waals surface area contributed by atoms with Gasteiger partial charge in [0.1, 0.15) is 12.2 Å². The molecule has 1 heterocycles. The summed E-state index contributed by atoms with van der Waals surface area (Å²) >= 11 is 0.